The van der Waals surface area contributed by atoms with Crippen LogP contribution in [0.15, 0.2) is 12.1 Å². The lowest BCUT2D eigenvalue weighted by molar-refractivity contribution is -0.0258. The van der Waals surface area contributed by atoms with Gasteiger partial charge in [0.05, 0.1) is 18.2 Å². The van der Waals surface area contributed by atoms with Crippen molar-refractivity contribution in [3.05, 3.63) is 28.8 Å². The Morgan fingerprint density at radius 3 is 2.48 bits per heavy atom. The smallest absolute Gasteiger partial charge is 0.0751 e. The fraction of sp³-hybridized carbons (Fsp3) is 0.714. The van der Waals surface area contributed by atoms with Gasteiger partial charge in [0.2, 0.25) is 0 Å². The molecule has 0 aromatic heterocycles. The second-order valence-corrected chi connectivity index (χ2v) is 7.35. The fourth-order valence-corrected chi connectivity index (χ4v) is 3.72. The van der Waals surface area contributed by atoms with Crippen molar-refractivity contribution >= 4 is 5.69 Å². The van der Waals surface area contributed by atoms with E-state index < -0.39 is 0 Å². The van der Waals surface area contributed by atoms with Gasteiger partial charge in [0, 0.05) is 12.2 Å². The molecular weight excluding hydrogens is 282 g/mol. The molecule has 2 nitrogen and oxygen atoms in total. The SMILES string of the molecule is CCCCCCc1ccc(N2C[C@H](C)O[C@H](C)C2C)c(C)c1C. The fourth-order valence-electron chi connectivity index (χ4n) is 3.72. The number of aryl methyl sites for hydroxylation is 1. The highest BCUT2D eigenvalue weighted by Crippen LogP contribution is 2.31. The number of hydrogen-bond donors (Lipinski definition) is 0. The molecule has 1 aliphatic heterocycles. The van der Waals surface area contributed by atoms with E-state index in [2.05, 4.69) is 58.6 Å². The van der Waals surface area contributed by atoms with Crippen LogP contribution in [0.3, 0.4) is 0 Å². The van der Waals surface area contributed by atoms with Gasteiger partial charge < -0.3 is 9.64 Å². The Kier molecular flexibility index (Phi) is 6.52. The summed E-state index contributed by atoms with van der Waals surface area (Å²) in [5.74, 6) is 0. The molecule has 1 aromatic carbocycles. The van der Waals surface area contributed by atoms with Gasteiger partial charge in [0.25, 0.3) is 0 Å². The van der Waals surface area contributed by atoms with Gasteiger partial charge in [0.15, 0.2) is 0 Å². The first-order chi connectivity index (χ1) is 11.0. The number of morpholine rings is 1. The van der Waals surface area contributed by atoms with Crippen LogP contribution in [0.5, 0.6) is 0 Å². The van der Waals surface area contributed by atoms with E-state index in [0.29, 0.717) is 12.1 Å². The second-order valence-electron chi connectivity index (χ2n) is 7.35. The number of rotatable bonds is 6. The predicted molar refractivity (Wildman–Crippen MR) is 101 cm³/mol. The van der Waals surface area contributed by atoms with Crippen LogP contribution in [-0.4, -0.2) is 24.8 Å². The molecule has 2 heteroatoms. The lowest BCUT2D eigenvalue weighted by Crippen LogP contribution is -2.52. The number of unbranched alkanes of at least 4 members (excludes halogenated alkanes) is 3. The molecule has 0 bridgehead atoms. The van der Waals surface area contributed by atoms with E-state index in [4.69, 9.17) is 4.74 Å². The summed E-state index contributed by atoms with van der Waals surface area (Å²) in [5, 5.41) is 0. The Bertz CT molecular complexity index is 511. The van der Waals surface area contributed by atoms with Crippen LogP contribution < -0.4 is 4.90 Å². The molecule has 0 saturated carbocycles. The number of anilines is 1. The third-order valence-electron chi connectivity index (χ3n) is 5.55. The summed E-state index contributed by atoms with van der Waals surface area (Å²) in [7, 11) is 0. The topological polar surface area (TPSA) is 12.5 Å². The van der Waals surface area contributed by atoms with E-state index in [9.17, 15) is 0 Å². The van der Waals surface area contributed by atoms with E-state index in [1.165, 1.54) is 54.5 Å². The molecule has 1 unspecified atom stereocenters. The maximum atomic E-state index is 5.98. The molecule has 0 N–H and O–H groups in total. The maximum absolute atomic E-state index is 5.98. The van der Waals surface area contributed by atoms with Gasteiger partial charge in [-0.15, -0.1) is 0 Å². The van der Waals surface area contributed by atoms with Gasteiger partial charge in [-0.05, 0) is 70.2 Å². The number of benzene rings is 1. The molecule has 1 aromatic rings. The Labute approximate surface area is 143 Å². The molecule has 1 fully saturated rings. The summed E-state index contributed by atoms with van der Waals surface area (Å²) in [6, 6.07) is 5.14. The highest BCUT2D eigenvalue weighted by Gasteiger charge is 2.30. The molecule has 23 heavy (non-hydrogen) atoms. The first-order valence-corrected chi connectivity index (χ1v) is 9.46. The predicted octanol–water partition coefficient (Wildman–Crippen LogP) is 5.43. The molecule has 0 amide bonds. The summed E-state index contributed by atoms with van der Waals surface area (Å²) in [5.41, 5.74) is 5.86. The van der Waals surface area contributed by atoms with Gasteiger partial charge in [-0.1, -0.05) is 32.3 Å². The van der Waals surface area contributed by atoms with E-state index in [1.54, 1.807) is 0 Å². The zero-order chi connectivity index (χ0) is 17.0. The minimum absolute atomic E-state index is 0.284. The van der Waals surface area contributed by atoms with Crippen molar-refractivity contribution in [2.45, 2.75) is 91.9 Å². The van der Waals surface area contributed by atoms with Crippen LogP contribution in [0.1, 0.15) is 70.1 Å². The summed E-state index contributed by atoms with van der Waals surface area (Å²) < 4.78 is 5.98. The maximum Gasteiger partial charge on any atom is 0.0751 e. The Hall–Kier alpha value is -1.02. The average molecular weight is 318 g/mol. The van der Waals surface area contributed by atoms with Gasteiger partial charge in [-0.3, -0.25) is 0 Å². The quantitative estimate of drug-likeness (QED) is 0.649. The second kappa shape index (κ2) is 8.19. The van der Waals surface area contributed by atoms with E-state index in [1.807, 2.05) is 0 Å². The molecule has 0 aliphatic carbocycles. The minimum Gasteiger partial charge on any atom is -0.372 e. The molecule has 3 atom stereocenters. The molecule has 0 radical (unpaired) electrons. The van der Waals surface area contributed by atoms with Crippen molar-refractivity contribution in [1.29, 1.82) is 0 Å². The van der Waals surface area contributed by atoms with Crippen LogP contribution in [0.25, 0.3) is 0 Å². The van der Waals surface area contributed by atoms with Gasteiger partial charge in [0.1, 0.15) is 0 Å². The van der Waals surface area contributed by atoms with Gasteiger partial charge in [-0.2, -0.15) is 0 Å². The summed E-state index contributed by atoms with van der Waals surface area (Å²) in [6.45, 7) is 14.5. The average Bonchev–Trinajstić information content (AvgIpc) is 2.52. The Morgan fingerprint density at radius 2 is 1.78 bits per heavy atom. The van der Waals surface area contributed by atoms with Crippen LogP contribution in [-0.2, 0) is 11.2 Å². The van der Waals surface area contributed by atoms with E-state index >= 15 is 0 Å². The highest BCUT2D eigenvalue weighted by atomic mass is 16.5. The molecule has 1 aliphatic rings. The lowest BCUT2D eigenvalue weighted by atomic mass is 9.95. The van der Waals surface area contributed by atoms with E-state index in [-0.39, 0.29) is 6.10 Å². The van der Waals surface area contributed by atoms with Crippen molar-refractivity contribution in [1.82, 2.24) is 0 Å². The normalized spacial score (nSPS) is 25.0. The lowest BCUT2D eigenvalue weighted by Gasteiger charge is -2.43. The molecule has 1 saturated heterocycles. The van der Waals surface area contributed by atoms with Crippen LogP contribution in [0.2, 0.25) is 0 Å². The number of nitrogens with zero attached hydrogens (tertiary/aromatic N) is 1. The molecule has 130 valence electrons. The van der Waals surface area contributed by atoms with Crippen LogP contribution in [0, 0.1) is 13.8 Å². The van der Waals surface area contributed by atoms with Crippen molar-refractivity contribution < 1.29 is 4.74 Å². The van der Waals surface area contributed by atoms with Gasteiger partial charge >= 0.3 is 0 Å². The third kappa shape index (κ3) is 4.29. The first-order valence-electron chi connectivity index (χ1n) is 9.46. The summed E-state index contributed by atoms with van der Waals surface area (Å²) >= 11 is 0. The van der Waals surface area contributed by atoms with Crippen molar-refractivity contribution in [2.75, 3.05) is 11.4 Å². The van der Waals surface area contributed by atoms with Crippen molar-refractivity contribution in [3.63, 3.8) is 0 Å². The highest BCUT2D eigenvalue weighted by molar-refractivity contribution is 5.59. The Morgan fingerprint density at radius 1 is 1.04 bits per heavy atom. The number of hydrogen-bond acceptors (Lipinski definition) is 2. The van der Waals surface area contributed by atoms with E-state index in [0.717, 1.165) is 6.54 Å². The van der Waals surface area contributed by atoms with Crippen LogP contribution >= 0.6 is 0 Å². The van der Waals surface area contributed by atoms with Crippen molar-refractivity contribution in [3.8, 4) is 0 Å². The Balaban J connectivity index is 2.16. The monoisotopic (exact) mass is 317 g/mol. The third-order valence-corrected chi connectivity index (χ3v) is 5.55. The van der Waals surface area contributed by atoms with Crippen LogP contribution in [0.4, 0.5) is 5.69 Å². The summed E-state index contributed by atoms with van der Waals surface area (Å²) in [4.78, 5) is 2.54. The minimum atomic E-state index is 0.284. The largest absolute Gasteiger partial charge is 0.372 e. The molecular formula is C21H35NO. The molecule has 1 heterocycles. The number of ether oxygens (including phenoxy) is 1. The van der Waals surface area contributed by atoms with Crippen molar-refractivity contribution in [2.24, 2.45) is 0 Å². The standard InChI is InChI=1S/C21H35NO/c1-7-8-9-10-11-20-12-13-21(17(4)16(20)3)22-14-15(2)23-19(6)18(22)5/h12-13,15,18-19H,7-11,14H2,1-6H3/t15-,18?,19+/m0/s1. The zero-order valence-electron chi connectivity index (χ0n) is 16.0. The molecule has 0 spiro atoms. The summed E-state index contributed by atoms with van der Waals surface area (Å²) in [6.07, 6.45) is 7.14. The zero-order valence-corrected chi connectivity index (χ0v) is 16.0. The molecule has 2 rings (SSSR count). The van der Waals surface area contributed by atoms with Gasteiger partial charge in [-0.25, -0.2) is 0 Å². The first kappa shape index (κ1) is 18.3.